The summed E-state index contributed by atoms with van der Waals surface area (Å²) in [4.78, 5) is 2.21. The first-order valence-corrected chi connectivity index (χ1v) is 12.1. The summed E-state index contributed by atoms with van der Waals surface area (Å²) >= 11 is 1.51. The number of nitrogens with two attached hydrogens (primary N) is 3. The van der Waals surface area contributed by atoms with Crippen LogP contribution in [0.1, 0.15) is 11.1 Å². The highest BCUT2D eigenvalue weighted by molar-refractivity contribution is 7.85. The summed E-state index contributed by atoms with van der Waals surface area (Å²) in [5, 5.41) is 1.96. The second kappa shape index (κ2) is 9.55. The smallest absolute Gasteiger partial charge is 0.138 e. The molecule has 0 bridgehead atoms. The summed E-state index contributed by atoms with van der Waals surface area (Å²) in [6.45, 7) is 1.70. The fourth-order valence-electron chi connectivity index (χ4n) is 3.93. The fourth-order valence-corrected chi connectivity index (χ4v) is 6.26. The van der Waals surface area contributed by atoms with Gasteiger partial charge in [0.05, 0.1) is 6.54 Å². The molecule has 1 aliphatic heterocycles. The van der Waals surface area contributed by atoms with Crippen LogP contribution in [0.3, 0.4) is 0 Å². The molecule has 6 nitrogen and oxygen atoms in total. The predicted octanol–water partition coefficient (Wildman–Crippen LogP) is 3.05. The van der Waals surface area contributed by atoms with Crippen molar-refractivity contribution in [3.63, 3.8) is 0 Å². The summed E-state index contributed by atoms with van der Waals surface area (Å²) in [6, 6.07) is 20.1. The Bertz CT molecular complexity index is 1070. The second-order valence-corrected chi connectivity index (χ2v) is 10.2. The number of fused-ring (bicyclic) bond motifs is 1. The molecule has 0 saturated heterocycles. The third kappa shape index (κ3) is 4.92. The zero-order valence-electron chi connectivity index (χ0n) is 17.2. The SMILES string of the molecule is N/C=C(\N)CN1C[C@@H](Cc2ccccc2)N(S(=O)c2cccs2)Cc2cc(N)ccc21. The van der Waals surface area contributed by atoms with Crippen LogP contribution in [0.15, 0.2) is 82.1 Å². The molecule has 6 N–H and O–H groups in total. The number of hydrogen-bond donors (Lipinski definition) is 3. The predicted molar refractivity (Wildman–Crippen MR) is 130 cm³/mol. The van der Waals surface area contributed by atoms with Gasteiger partial charge in [-0.2, -0.15) is 0 Å². The highest BCUT2D eigenvalue weighted by atomic mass is 32.2. The van der Waals surface area contributed by atoms with E-state index in [4.69, 9.17) is 17.2 Å². The average Bonchev–Trinajstić information content (AvgIpc) is 3.27. The Kier molecular flexibility index (Phi) is 6.60. The number of nitrogens with zero attached hydrogens (tertiary/aromatic N) is 2. The molecular weight excluding hydrogens is 426 g/mol. The molecule has 0 saturated carbocycles. The van der Waals surface area contributed by atoms with E-state index >= 15 is 0 Å². The highest BCUT2D eigenvalue weighted by Crippen LogP contribution is 2.33. The largest absolute Gasteiger partial charge is 0.403 e. The van der Waals surface area contributed by atoms with Crippen LogP contribution in [0, 0.1) is 0 Å². The van der Waals surface area contributed by atoms with Gasteiger partial charge in [-0.25, -0.2) is 8.51 Å². The van der Waals surface area contributed by atoms with Crippen molar-refractivity contribution in [3.05, 3.63) is 89.1 Å². The van der Waals surface area contributed by atoms with Crippen LogP contribution in [-0.4, -0.2) is 27.6 Å². The average molecular weight is 454 g/mol. The molecule has 4 rings (SSSR count). The van der Waals surface area contributed by atoms with E-state index < -0.39 is 11.0 Å². The Morgan fingerprint density at radius 3 is 2.68 bits per heavy atom. The van der Waals surface area contributed by atoms with E-state index in [1.807, 2.05) is 53.9 Å². The molecule has 162 valence electrons. The molecule has 3 aromatic rings. The van der Waals surface area contributed by atoms with E-state index in [0.29, 0.717) is 31.0 Å². The van der Waals surface area contributed by atoms with E-state index in [2.05, 4.69) is 21.3 Å². The maximum atomic E-state index is 13.6. The number of nitrogen functional groups attached to an aromatic ring is 1. The molecule has 1 unspecified atom stereocenters. The Balaban J connectivity index is 1.76. The summed E-state index contributed by atoms with van der Waals surface area (Å²) in [5.74, 6) is 0. The van der Waals surface area contributed by atoms with E-state index in [9.17, 15) is 4.21 Å². The Hall–Kier alpha value is -2.81. The van der Waals surface area contributed by atoms with Crippen LogP contribution in [0.5, 0.6) is 0 Å². The van der Waals surface area contributed by atoms with Gasteiger partial charge >= 0.3 is 0 Å². The molecule has 0 fully saturated rings. The number of benzene rings is 2. The van der Waals surface area contributed by atoms with E-state index in [1.54, 1.807) is 0 Å². The lowest BCUT2D eigenvalue weighted by Gasteiger charge is -2.31. The summed E-state index contributed by atoms with van der Waals surface area (Å²) in [7, 11) is -1.28. The fraction of sp³-hybridized carbons (Fsp3) is 0.217. The van der Waals surface area contributed by atoms with Gasteiger partial charge in [-0.05, 0) is 47.2 Å². The molecular formula is C23H27N5OS2. The van der Waals surface area contributed by atoms with Crippen LogP contribution in [0.25, 0.3) is 0 Å². The number of anilines is 2. The lowest BCUT2D eigenvalue weighted by Crippen LogP contribution is -2.44. The Morgan fingerprint density at radius 2 is 1.97 bits per heavy atom. The van der Waals surface area contributed by atoms with Crippen LogP contribution in [0.4, 0.5) is 11.4 Å². The van der Waals surface area contributed by atoms with Crippen LogP contribution in [0.2, 0.25) is 0 Å². The Labute approximate surface area is 189 Å². The monoisotopic (exact) mass is 453 g/mol. The zero-order valence-corrected chi connectivity index (χ0v) is 18.8. The molecule has 0 aliphatic carbocycles. The van der Waals surface area contributed by atoms with Crippen LogP contribution >= 0.6 is 11.3 Å². The van der Waals surface area contributed by atoms with Gasteiger partial charge in [-0.15, -0.1) is 11.3 Å². The molecule has 0 radical (unpaired) electrons. The molecule has 31 heavy (non-hydrogen) atoms. The zero-order chi connectivity index (χ0) is 21.8. The quantitative estimate of drug-likeness (QED) is 0.498. The first-order valence-electron chi connectivity index (χ1n) is 10.1. The van der Waals surface area contributed by atoms with Crippen molar-refractivity contribution >= 4 is 33.7 Å². The maximum absolute atomic E-state index is 13.6. The van der Waals surface area contributed by atoms with Crippen molar-refractivity contribution in [1.82, 2.24) is 4.31 Å². The first kappa shape index (κ1) is 21.4. The second-order valence-electron chi connectivity index (χ2n) is 7.61. The van der Waals surface area contributed by atoms with Crippen molar-refractivity contribution in [3.8, 4) is 0 Å². The van der Waals surface area contributed by atoms with Crippen molar-refractivity contribution in [2.75, 3.05) is 23.7 Å². The standard InChI is InChI=1S/C23H27N5OS2/c24-13-20(26)15-27-16-21(11-17-5-2-1-3-6-17)28(31(29)23-7-4-10-30-23)14-18-12-19(25)8-9-22(18)27/h1-10,12-13,21H,11,14-16,24-26H2/b20-13-/t21-,31?/m1/s1. The third-order valence-electron chi connectivity index (χ3n) is 5.39. The molecule has 0 spiro atoms. The molecule has 2 heterocycles. The molecule has 1 aliphatic rings. The van der Waals surface area contributed by atoms with Crippen molar-refractivity contribution < 1.29 is 4.21 Å². The minimum absolute atomic E-state index is 0.00420. The molecule has 2 aromatic carbocycles. The normalized spacial score (nSPS) is 18.4. The number of rotatable bonds is 6. The van der Waals surface area contributed by atoms with Gasteiger partial charge in [0.15, 0.2) is 0 Å². The maximum Gasteiger partial charge on any atom is 0.138 e. The minimum Gasteiger partial charge on any atom is -0.403 e. The lowest BCUT2D eigenvalue weighted by molar-refractivity contribution is 0.338. The van der Waals surface area contributed by atoms with Crippen molar-refractivity contribution in [2.24, 2.45) is 11.5 Å². The first-order chi connectivity index (χ1) is 15.0. The van der Waals surface area contributed by atoms with Crippen LogP contribution in [-0.2, 0) is 24.0 Å². The van der Waals surface area contributed by atoms with Gasteiger partial charge in [0.2, 0.25) is 0 Å². The highest BCUT2D eigenvalue weighted by Gasteiger charge is 2.32. The number of thiophene rings is 1. The summed E-state index contributed by atoms with van der Waals surface area (Å²) in [5.41, 5.74) is 22.5. The van der Waals surface area contributed by atoms with E-state index in [-0.39, 0.29) is 6.04 Å². The number of hydrogen-bond acceptors (Lipinski definition) is 6. The summed E-state index contributed by atoms with van der Waals surface area (Å²) < 4.78 is 16.6. The third-order valence-corrected chi connectivity index (χ3v) is 8.10. The van der Waals surface area contributed by atoms with Crippen LogP contribution < -0.4 is 22.1 Å². The van der Waals surface area contributed by atoms with Gasteiger partial charge in [0.25, 0.3) is 0 Å². The summed E-state index contributed by atoms with van der Waals surface area (Å²) in [6.07, 6.45) is 2.21. The van der Waals surface area contributed by atoms with Gasteiger partial charge in [-0.1, -0.05) is 36.4 Å². The topological polar surface area (TPSA) is 102 Å². The van der Waals surface area contributed by atoms with Gasteiger partial charge in [0, 0.05) is 42.4 Å². The molecule has 0 amide bonds. The minimum atomic E-state index is -1.28. The van der Waals surface area contributed by atoms with Gasteiger partial charge < -0.3 is 22.1 Å². The van der Waals surface area contributed by atoms with E-state index in [1.165, 1.54) is 23.1 Å². The van der Waals surface area contributed by atoms with E-state index in [0.717, 1.165) is 21.9 Å². The van der Waals surface area contributed by atoms with Gasteiger partial charge in [-0.3, -0.25) is 0 Å². The molecule has 1 aromatic heterocycles. The lowest BCUT2D eigenvalue weighted by atomic mass is 10.1. The molecule has 8 heteroatoms. The van der Waals surface area contributed by atoms with Crippen molar-refractivity contribution in [1.29, 1.82) is 0 Å². The Morgan fingerprint density at radius 1 is 1.16 bits per heavy atom. The van der Waals surface area contributed by atoms with Crippen molar-refractivity contribution in [2.45, 2.75) is 23.2 Å². The molecule has 2 atom stereocenters. The van der Waals surface area contributed by atoms with Gasteiger partial charge in [0.1, 0.15) is 15.2 Å².